The minimum absolute atomic E-state index is 0.0637. The third-order valence-electron chi connectivity index (χ3n) is 4.25. The molecule has 0 unspecified atom stereocenters. The Hall–Kier alpha value is -2.23. The molecule has 0 bridgehead atoms. The Morgan fingerprint density at radius 2 is 1.62 bits per heavy atom. The van der Waals surface area contributed by atoms with E-state index in [0.29, 0.717) is 35.2 Å². The zero-order chi connectivity index (χ0) is 15.1. The van der Waals surface area contributed by atoms with Gasteiger partial charge in [0.2, 0.25) is 0 Å². The number of amides is 2. The minimum atomic E-state index is -0.215. The lowest BCUT2D eigenvalue weighted by Crippen LogP contribution is -2.31. The van der Waals surface area contributed by atoms with Crippen molar-refractivity contribution in [1.29, 1.82) is 0 Å². The average molecular weight is 283 g/mol. The summed E-state index contributed by atoms with van der Waals surface area (Å²) >= 11 is 0. The van der Waals surface area contributed by atoms with Crippen LogP contribution in [0, 0.1) is 6.92 Å². The summed E-state index contributed by atoms with van der Waals surface area (Å²) in [6.07, 6.45) is 3.28. The lowest BCUT2D eigenvalue weighted by Gasteiger charge is -2.16. The molecule has 1 aromatic rings. The quantitative estimate of drug-likeness (QED) is 0.619. The van der Waals surface area contributed by atoms with E-state index >= 15 is 0 Å². The van der Waals surface area contributed by atoms with Gasteiger partial charge < -0.3 is 0 Å². The predicted octanol–water partition coefficient (Wildman–Crippen LogP) is 2.94. The van der Waals surface area contributed by atoms with Gasteiger partial charge in [-0.3, -0.25) is 14.4 Å². The van der Waals surface area contributed by atoms with E-state index in [1.54, 1.807) is 18.2 Å². The van der Waals surface area contributed by atoms with Crippen LogP contribution in [0.2, 0.25) is 0 Å². The molecule has 0 N–H and O–H groups in total. The monoisotopic (exact) mass is 283 g/mol. The van der Waals surface area contributed by atoms with E-state index in [2.05, 4.69) is 0 Å². The van der Waals surface area contributed by atoms with Crippen molar-refractivity contribution in [1.82, 2.24) is 0 Å². The van der Waals surface area contributed by atoms with E-state index in [4.69, 9.17) is 0 Å². The van der Waals surface area contributed by atoms with Gasteiger partial charge >= 0.3 is 0 Å². The van der Waals surface area contributed by atoms with E-state index in [1.165, 1.54) is 11.8 Å². The first kappa shape index (κ1) is 13.7. The Bertz CT molecular complexity index is 672. The topological polar surface area (TPSA) is 54.5 Å². The number of ketones is 1. The number of anilines is 1. The van der Waals surface area contributed by atoms with E-state index in [-0.39, 0.29) is 17.6 Å². The highest BCUT2D eigenvalue weighted by Crippen LogP contribution is 2.36. The summed E-state index contributed by atoms with van der Waals surface area (Å²) in [5.41, 5.74) is 3.23. The summed E-state index contributed by atoms with van der Waals surface area (Å²) < 4.78 is 0. The third-order valence-corrected chi connectivity index (χ3v) is 4.25. The Kier molecular flexibility index (Phi) is 3.24. The smallest absolute Gasteiger partial charge is 0.261 e. The van der Waals surface area contributed by atoms with Crippen LogP contribution in [0.1, 0.15) is 48.5 Å². The number of aryl methyl sites for hydroxylation is 1. The van der Waals surface area contributed by atoms with Gasteiger partial charge in [0.15, 0.2) is 5.78 Å². The van der Waals surface area contributed by atoms with Crippen molar-refractivity contribution >= 4 is 23.3 Å². The van der Waals surface area contributed by atoms with E-state index in [9.17, 15) is 14.4 Å². The van der Waals surface area contributed by atoms with Crippen LogP contribution in [-0.2, 0) is 9.59 Å². The molecule has 0 saturated heterocycles. The number of carbonyl (C=O) groups excluding carboxylic acids is 3. The lowest BCUT2D eigenvalue weighted by molar-refractivity contribution is -0.120. The molecule has 3 rings (SSSR count). The van der Waals surface area contributed by atoms with Crippen LogP contribution in [0.15, 0.2) is 29.3 Å². The van der Waals surface area contributed by atoms with Gasteiger partial charge in [0.05, 0.1) is 5.69 Å². The molecule has 1 heterocycles. The summed E-state index contributed by atoms with van der Waals surface area (Å²) in [5.74, 6) is -0.493. The van der Waals surface area contributed by atoms with Crippen molar-refractivity contribution in [2.75, 3.05) is 4.90 Å². The van der Waals surface area contributed by atoms with Crippen LogP contribution >= 0.6 is 0 Å². The number of hydrogen-bond acceptors (Lipinski definition) is 3. The summed E-state index contributed by atoms with van der Waals surface area (Å²) in [5, 5.41) is 0. The molecule has 4 heteroatoms. The summed E-state index contributed by atoms with van der Waals surface area (Å²) in [6, 6.07) is 5.16. The molecule has 4 nitrogen and oxygen atoms in total. The first-order chi connectivity index (χ1) is 10.0. The van der Waals surface area contributed by atoms with Crippen LogP contribution < -0.4 is 4.90 Å². The Labute approximate surface area is 123 Å². The number of carbonyl (C=O) groups is 3. The summed E-state index contributed by atoms with van der Waals surface area (Å²) in [7, 11) is 0. The van der Waals surface area contributed by atoms with Crippen molar-refractivity contribution in [3.05, 3.63) is 40.5 Å². The molecule has 0 aromatic heterocycles. The number of nitrogens with zero attached hydrogens (tertiary/aromatic N) is 1. The van der Waals surface area contributed by atoms with E-state index in [0.717, 1.165) is 18.4 Å². The van der Waals surface area contributed by atoms with Crippen molar-refractivity contribution in [2.45, 2.75) is 39.5 Å². The van der Waals surface area contributed by atoms with Crippen LogP contribution in [0.25, 0.3) is 0 Å². The molecular weight excluding hydrogens is 266 g/mol. The Balaban J connectivity index is 2.03. The normalized spacial score (nSPS) is 18.3. The Morgan fingerprint density at radius 1 is 1.05 bits per heavy atom. The molecule has 1 aliphatic carbocycles. The molecule has 108 valence electrons. The zero-order valence-electron chi connectivity index (χ0n) is 12.2. The maximum Gasteiger partial charge on any atom is 0.261 e. The summed E-state index contributed by atoms with van der Waals surface area (Å²) in [6.45, 7) is 3.33. The van der Waals surface area contributed by atoms with E-state index < -0.39 is 0 Å². The van der Waals surface area contributed by atoms with Gasteiger partial charge in [-0.25, -0.2) is 4.90 Å². The van der Waals surface area contributed by atoms with E-state index in [1.807, 2.05) is 6.92 Å². The van der Waals surface area contributed by atoms with Gasteiger partial charge in [-0.05, 0) is 57.2 Å². The van der Waals surface area contributed by atoms with Crippen molar-refractivity contribution in [2.24, 2.45) is 0 Å². The standard InChI is InChI=1S/C17H17NO3/c1-10-7-8-12(9-15(10)11(2)19)18-16(20)13-5-3-4-6-14(13)17(18)21/h7-9H,3-6H2,1-2H3. The van der Waals surface area contributed by atoms with Gasteiger partial charge in [-0.1, -0.05) is 6.07 Å². The zero-order valence-corrected chi connectivity index (χ0v) is 12.2. The minimum Gasteiger partial charge on any atom is -0.294 e. The number of rotatable bonds is 2. The van der Waals surface area contributed by atoms with Crippen LogP contribution in [0.5, 0.6) is 0 Å². The highest BCUT2D eigenvalue weighted by atomic mass is 16.2. The predicted molar refractivity (Wildman–Crippen MR) is 79.2 cm³/mol. The van der Waals surface area contributed by atoms with Crippen molar-refractivity contribution in [3.8, 4) is 0 Å². The van der Waals surface area contributed by atoms with Gasteiger partial charge in [0.1, 0.15) is 0 Å². The maximum absolute atomic E-state index is 12.5. The Morgan fingerprint density at radius 3 is 2.14 bits per heavy atom. The summed E-state index contributed by atoms with van der Waals surface area (Å²) in [4.78, 5) is 37.8. The van der Waals surface area contributed by atoms with Crippen LogP contribution in [-0.4, -0.2) is 17.6 Å². The molecule has 2 aliphatic rings. The SMILES string of the molecule is CC(=O)c1cc(N2C(=O)C3=C(CCCC3)C2=O)ccc1C. The van der Waals surface area contributed by atoms with Crippen molar-refractivity contribution in [3.63, 3.8) is 0 Å². The van der Waals surface area contributed by atoms with Crippen molar-refractivity contribution < 1.29 is 14.4 Å². The van der Waals surface area contributed by atoms with Gasteiger partial charge in [0, 0.05) is 16.7 Å². The van der Waals surface area contributed by atoms with Crippen LogP contribution in [0.3, 0.4) is 0 Å². The molecule has 0 saturated carbocycles. The molecule has 2 amide bonds. The molecule has 0 radical (unpaired) electrons. The highest BCUT2D eigenvalue weighted by Gasteiger charge is 2.39. The van der Waals surface area contributed by atoms with Gasteiger partial charge in [-0.15, -0.1) is 0 Å². The number of Topliss-reactive ketones (excluding diaryl/α,β-unsaturated/α-hetero) is 1. The molecule has 0 fully saturated rings. The fraction of sp³-hybridized carbons (Fsp3) is 0.353. The largest absolute Gasteiger partial charge is 0.294 e. The highest BCUT2D eigenvalue weighted by molar-refractivity contribution is 6.33. The fourth-order valence-electron chi connectivity index (χ4n) is 3.10. The molecule has 1 aliphatic heterocycles. The molecule has 1 aromatic carbocycles. The number of benzene rings is 1. The van der Waals surface area contributed by atoms with Gasteiger partial charge in [0.25, 0.3) is 11.8 Å². The molecular formula is C17H17NO3. The fourth-order valence-corrected chi connectivity index (χ4v) is 3.10. The second-order valence-corrected chi connectivity index (χ2v) is 5.67. The average Bonchev–Trinajstić information content (AvgIpc) is 2.72. The molecule has 0 spiro atoms. The first-order valence-corrected chi connectivity index (χ1v) is 7.23. The number of hydrogen-bond donors (Lipinski definition) is 0. The lowest BCUT2D eigenvalue weighted by atomic mass is 9.93. The third kappa shape index (κ3) is 2.11. The number of imide groups is 1. The second kappa shape index (κ2) is 4.95. The van der Waals surface area contributed by atoms with Crippen LogP contribution in [0.4, 0.5) is 5.69 Å². The first-order valence-electron chi connectivity index (χ1n) is 7.23. The maximum atomic E-state index is 12.5. The van der Waals surface area contributed by atoms with Gasteiger partial charge in [-0.2, -0.15) is 0 Å². The second-order valence-electron chi connectivity index (χ2n) is 5.67. The molecule has 0 atom stereocenters. The molecule has 21 heavy (non-hydrogen) atoms.